The van der Waals surface area contributed by atoms with Gasteiger partial charge < -0.3 is 20.6 Å². The third-order valence-corrected chi connectivity index (χ3v) is 3.11. The summed E-state index contributed by atoms with van der Waals surface area (Å²) >= 11 is 0. The van der Waals surface area contributed by atoms with E-state index in [2.05, 4.69) is 5.32 Å². The van der Waals surface area contributed by atoms with Gasteiger partial charge in [0.05, 0.1) is 18.3 Å². The molecular weight excluding hydrogens is 206 g/mol. The fourth-order valence-electron chi connectivity index (χ4n) is 2.12. The first-order valence-electron chi connectivity index (χ1n) is 5.50. The average Bonchev–Trinajstić information content (AvgIpc) is 2.33. The summed E-state index contributed by atoms with van der Waals surface area (Å²) in [4.78, 5) is 0. The van der Waals surface area contributed by atoms with Gasteiger partial charge in [-0.25, -0.2) is 0 Å². The van der Waals surface area contributed by atoms with Crippen molar-refractivity contribution in [1.29, 1.82) is 0 Å². The van der Waals surface area contributed by atoms with Crippen molar-refractivity contribution in [2.24, 2.45) is 5.92 Å². The van der Waals surface area contributed by atoms with Crippen LogP contribution in [0.4, 0.5) is 0 Å². The van der Waals surface area contributed by atoms with Crippen LogP contribution >= 0.6 is 0 Å². The molecule has 1 fully saturated rings. The van der Waals surface area contributed by atoms with Crippen molar-refractivity contribution >= 4 is 0 Å². The van der Waals surface area contributed by atoms with E-state index in [1.807, 2.05) is 30.3 Å². The Balaban J connectivity index is 2.12. The number of hydrogen-bond acceptors (Lipinski definition) is 4. The minimum absolute atomic E-state index is 0.369. The standard InChI is InChI=1S/C12H17NO3/c14-10-7-13-6-9(12(10)16)11(15)8-4-2-1-3-5-8/h1-5,9-16H,6-7H2/t9-,10-,11?,12-/m1/s1. The van der Waals surface area contributed by atoms with Gasteiger partial charge in [0.25, 0.3) is 0 Å². The maximum absolute atomic E-state index is 10.1. The first-order valence-corrected chi connectivity index (χ1v) is 5.50. The van der Waals surface area contributed by atoms with E-state index in [9.17, 15) is 15.3 Å². The first-order chi connectivity index (χ1) is 7.70. The molecule has 1 aromatic carbocycles. The second-order valence-corrected chi connectivity index (χ2v) is 4.24. The molecule has 16 heavy (non-hydrogen) atoms. The molecule has 1 heterocycles. The van der Waals surface area contributed by atoms with Crippen molar-refractivity contribution < 1.29 is 15.3 Å². The number of aliphatic hydroxyl groups excluding tert-OH is 3. The summed E-state index contributed by atoms with van der Waals surface area (Å²) in [5.74, 6) is -0.369. The van der Waals surface area contributed by atoms with Crippen molar-refractivity contribution in [1.82, 2.24) is 5.32 Å². The third-order valence-electron chi connectivity index (χ3n) is 3.11. The molecular formula is C12H17NO3. The molecule has 4 N–H and O–H groups in total. The Morgan fingerprint density at radius 3 is 2.50 bits per heavy atom. The zero-order chi connectivity index (χ0) is 11.5. The predicted octanol–water partition coefficient (Wildman–Crippen LogP) is -0.339. The summed E-state index contributed by atoms with van der Waals surface area (Å²) in [5.41, 5.74) is 0.766. The van der Waals surface area contributed by atoms with E-state index < -0.39 is 18.3 Å². The fraction of sp³-hybridized carbons (Fsp3) is 0.500. The summed E-state index contributed by atoms with van der Waals surface area (Å²) in [7, 11) is 0. The molecule has 1 unspecified atom stereocenters. The van der Waals surface area contributed by atoms with Gasteiger partial charge in [-0.3, -0.25) is 0 Å². The number of hydrogen-bond donors (Lipinski definition) is 4. The molecule has 0 radical (unpaired) electrons. The molecule has 0 bridgehead atoms. The highest BCUT2D eigenvalue weighted by atomic mass is 16.3. The third kappa shape index (κ3) is 2.25. The largest absolute Gasteiger partial charge is 0.390 e. The Bertz CT molecular complexity index is 330. The smallest absolute Gasteiger partial charge is 0.0927 e. The lowest BCUT2D eigenvalue weighted by Crippen LogP contribution is -2.52. The molecule has 4 atom stereocenters. The van der Waals surface area contributed by atoms with Crippen molar-refractivity contribution in [2.75, 3.05) is 13.1 Å². The van der Waals surface area contributed by atoms with Crippen LogP contribution in [0.3, 0.4) is 0 Å². The van der Waals surface area contributed by atoms with Gasteiger partial charge in [0, 0.05) is 19.0 Å². The van der Waals surface area contributed by atoms with Crippen molar-refractivity contribution in [3.63, 3.8) is 0 Å². The van der Waals surface area contributed by atoms with Crippen LogP contribution < -0.4 is 5.32 Å². The van der Waals surface area contributed by atoms with Gasteiger partial charge >= 0.3 is 0 Å². The highest BCUT2D eigenvalue weighted by Gasteiger charge is 2.35. The number of nitrogens with one attached hydrogen (secondary N) is 1. The lowest BCUT2D eigenvalue weighted by atomic mass is 9.86. The molecule has 0 saturated carbocycles. The molecule has 0 amide bonds. The highest BCUT2D eigenvalue weighted by molar-refractivity contribution is 5.18. The van der Waals surface area contributed by atoms with Crippen molar-refractivity contribution in [3.05, 3.63) is 35.9 Å². The van der Waals surface area contributed by atoms with Gasteiger partial charge in [-0.1, -0.05) is 30.3 Å². The van der Waals surface area contributed by atoms with Gasteiger partial charge in [0.2, 0.25) is 0 Å². The number of rotatable bonds is 2. The zero-order valence-electron chi connectivity index (χ0n) is 8.95. The van der Waals surface area contributed by atoms with Gasteiger partial charge in [-0.15, -0.1) is 0 Å². The number of aliphatic hydroxyl groups is 3. The predicted molar refractivity (Wildman–Crippen MR) is 59.8 cm³/mol. The molecule has 0 aliphatic carbocycles. The molecule has 88 valence electrons. The van der Waals surface area contributed by atoms with E-state index in [-0.39, 0.29) is 5.92 Å². The quantitative estimate of drug-likeness (QED) is 0.553. The van der Waals surface area contributed by atoms with Crippen LogP contribution in [0.2, 0.25) is 0 Å². The molecule has 1 aliphatic rings. The lowest BCUT2D eigenvalue weighted by molar-refractivity contribution is -0.0748. The minimum atomic E-state index is -0.878. The lowest BCUT2D eigenvalue weighted by Gasteiger charge is -2.35. The molecule has 0 spiro atoms. The highest BCUT2D eigenvalue weighted by Crippen LogP contribution is 2.27. The summed E-state index contributed by atoms with van der Waals surface area (Å²) in [5, 5.41) is 32.5. The maximum atomic E-state index is 10.1. The van der Waals surface area contributed by atoms with E-state index in [0.717, 1.165) is 5.56 Å². The molecule has 2 rings (SSSR count). The minimum Gasteiger partial charge on any atom is -0.390 e. The van der Waals surface area contributed by atoms with E-state index in [0.29, 0.717) is 13.1 Å². The number of β-amino-alcohol motifs (C(OH)–C–C–N with tert-alkyl or cyclic N) is 1. The second kappa shape index (κ2) is 4.93. The summed E-state index contributed by atoms with van der Waals surface area (Å²) < 4.78 is 0. The van der Waals surface area contributed by atoms with Crippen LogP contribution in [0.15, 0.2) is 30.3 Å². The molecule has 4 nitrogen and oxygen atoms in total. The average molecular weight is 223 g/mol. The van der Waals surface area contributed by atoms with E-state index in [1.165, 1.54) is 0 Å². The molecule has 1 saturated heterocycles. The summed E-state index contributed by atoms with van der Waals surface area (Å²) in [6, 6.07) is 9.20. The topological polar surface area (TPSA) is 72.7 Å². The van der Waals surface area contributed by atoms with E-state index in [1.54, 1.807) is 0 Å². The molecule has 1 aliphatic heterocycles. The maximum Gasteiger partial charge on any atom is 0.0927 e. The summed E-state index contributed by atoms with van der Waals surface area (Å²) in [6.45, 7) is 0.882. The monoisotopic (exact) mass is 223 g/mol. The Labute approximate surface area is 94.5 Å². The van der Waals surface area contributed by atoms with Gasteiger partial charge in [0.15, 0.2) is 0 Å². The zero-order valence-corrected chi connectivity index (χ0v) is 8.95. The van der Waals surface area contributed by atoms with Gasteiger partial charge in [0.1, 0.15) is 0 Å². The van der Waals surface area contributed by atoms with Crippen LogP contribution in [0, 0.1) is 5.92 Å². The molecule has 4 heteroatoms. The number of benzene rings is 1. The number of piperidine rings is 1. The van der Waals surface area contributed by atoms with Crippen molar-refractivity contribution in [2.45, 2.75) is 18.3 Å². The van der Waals surface area contributed by atoms with Crippen LogP contribution in [0.25, 0.3) is 0 Å². The first kappa shape index (κ1) is 11.5. The van der Waals surface area contributed by atoms with Crippen LogP contribution in [-0.4, -0.2) is 40.6 Å². The Morgan fingerprint density at radius 2 is 1.81 bits per heavy atom. The normalized spacial score (nSPS) is 32.3. The Hall–Kier alpha value is -0.940. The SMILES string of the molecule is OC(c1ccccc1)[C@H]1CNC[C@@H](O)[C@@H]1O. The van der Waals surface area contributed by atoms with Crippen LogP contribution in [-0.2, 0) is 0 Å². The van der Waals surface area contributed by atoms with Crippen molar-refractivity contribution in [3.8, 4) is 0 Å². The molecule has 1 aromatic rings. The Morgan fingerprint density at radius 1 is 1.12 bits per heavy atom. The van der Waals surface area contributed by atoms with E-state index >= 15 is 0 Å². The van der Waals surface area contributed by atoms with Crippen LogP contribution in [0.5, 0.6) is 0 Å². The van der Waals surface area contributed by atoms with Gasteiger partial charge in [-0.05, 0) is 5.56 Å². The van der Waals surface area contributed by atoms with Gasteiger partial charge in [-0.2, -0.15) is 0 Å². The summed E-state index contributed by atoms with van der Waals surface area (Å²) in [6.07, 6.45) is -2.44. The van der Waals surface area contributed by atoms with E-state index in [4.69, 9.17) is 0 Å². The molecule has 0 aromatic heterocycles. The fourth-order valence-corrected chi connectivity index (χ4v) is 2.12. The van der Waals surface area contributed by atoms with Crippen LogP contribution in [0.1, 0.15) is 11.7 Å². The second-order valence-electron chi connectivity index (χ2n) is 4.24. The Kier molecular flexibility index (Phi) is 3.56.